The highest BCUT2D eigenvalue weighted by atomic mass is 16.4. The number of hydrogen-bond donors (Lipinski definition) is 4. The van der Waals surface area contributed by atoms with E-state index in [9.17, 15) is 9.59 Å². The number of amides is 2. The number of urea groups is 1. The normalized spacial score (nSPS) is 9.80. The lowest BCUT2D eigenvalue weighted by atomic mass is 10.1. The molecule has 0 atom stereocenters. The number of anilines is 3. The molecule has 5 N–H and O–H groups in total. The van der Waals surface area contributed by atoms with Gasteiger partial charge in [0.25, 0.3) is 0 Å². The Morgan fingerprint density at radius 2 is 1.70 bits per heavy atom. The van der Waals surface area contributed by atoms with Crippen LogP contribution in [0.5, 0.6) is 0 Å². The van der Waals surface area contributed by atoms with Crippen molar-refractivity contribution in [1.82, 2.24) is 0 Å². The molecule has 2 aromatic rings. The second-order valence-corrected chi connectivity index (χ2v) is 4.06. The molecular weight excluding hydrogens is 258 g/mol. The molecule has 20 heavy (non-hydrogen) atoms. The minimum Gasteiger partial charge on any atom is -0.478 e. The minimum atomic E-state index is -1.14. The number of rotatable bonds is 3. The van der Waals surface area contributed by atoms with E-state index in [0.717, 1.165) is 0 Å². The van der Waals surface area contributed by atoms with Gasteiger partial charge in [0.1, 0.15) is 0 Å². The summed E-state index contributed by atoms with van der Waals surface area (Å²) in [5, 5.41) is 14.1. The second-order valence-electron chi connectivity index (χ2n) is 4.06. The number of hydrogen-bond acceptors (Lipinski definition) is 3. The first-order chi connectivity index (χ1) is 9.56. The van der Waals surface area contributed by atoms with E-state index in [2.05, 4.69) is 10.6 Å². The van der Waals surface area contributed by atoms with Crippen LogP contribution >= 0.6 is 0 Å². The molecule has 0 aromatic heterocycles. The summed E-state index contributed by atoms with van der Waals surface area (Å²) in [6, 6.07) is 12.5. The van der Waals surface area contributed by atoms with Crippen LogP contribution in [-0.4, -0.2) is 17.1 Å². The number of para-hydroxylation sites is 1. The van der Waals surface area contributed by atoms with E-state index in [1.165, 1.54) is 18.2 Å². The molecule has 6 heteroatoms. The van der Waals surface area contributed by atoms with E-state index in [-0.39, 0.29) is 11.3 Å². The van der Waals surface area contributed by atoms with Crippen LogP contribution in [0.25, 0.3) is 0 Å². The number of nitrogens with two attached hydrogens (primary N) is 1. The Kier molecular flexibility index (Phi) is 3.85. The number of carboxylic acids is 1. The lowest BCUT2D eigenvalue weighted by molar-refractivity contribution is 0.0698. The summed E-state index contributed by atoms with van der Waals surface area (Å²) < 4.78 is 0. The first-order valence-corrected chi connectivity index (χ1v) is 5.82. The van der Waals surface area contributed by atoms with Gasteiger partial charge in [-0.15, -0.1) is 0 Å². The van der Waals surface area contributed by atoms with Crippen LogP contribution in [-0.2, 0) is 0 Å². The molecule has 6 nitrogen and oxygen atoms in total. The summed E-state index contributed by atoms with van der Waals surface area (Å²) in [5.41, 5.74) is 6.68. The maximum absolute atomic E-state index is 11.8. The fraction of sp³-hybridized carbons (Fsp3) is 0. The standard InChI is InChI=1S/C14H13N3O3/c15-9-6-7-11(13(18)19)12(8-9)17-14(20)16-10-4-2-1-3-5-10/h1-8H,15H2,(H,18,19)(H2,16,17,20). The average molecular weight is 271 g/mol. The number of carbonyl (C=O) groups excluding carboxylic acids is 1. The van der Waals surface area contributed by atoms with Crippen LogP contribution in [0.4, 0.5) is 21.9 Å². The van der Waals surface area contributed by atoms with Crippen molar-refractivity contribution in [3.8, 4) is 0 Å². The van der Waals surface area contributed by atoms with Gasteiger partial charge >= 0.3 is 12.0 Å². The monoisotopic (exact) mass is 271 g/mol. The lowest BCUT2D eigenvalue weighted by Gasteiger charge is -2.10. The van der Waals surface area contributed by atoms with Crippen LogP contribution in [0.3, 0.4) is 0 Å². The zero-order chi connectivity index (χ0) is 14.5. The summed E-state index contributed by atoms with van der Waals surface area (Å²) >= 11 is 0. The van der Waals surface area contributed by atoms with Crippen molar-refractivity contribution in [3.05, 3.63) is 54.1 Å². The Balaban J connectivity index is 2.15. The largest absolute Gasteiger partial charge is 0.478 e. The molecule has 0 aliphatic carbocycles. The van der Waals surface area contributed by atoms with E-state index in [4.69, 9.17) is 10.8 Å². The molecule has 0 bridgehead atoms. The van der Waals surface area contributed by atoms with Crippen molar-refractivity contribution in [2.24, 2.45) is 0 Å². The Labute approximate surface area is 115 Å². The molecule has 2 rings (SSSR count). The molecule has 0 radical (unpaired) electrons. The van der Waals surface area contributed by atoms with Crippen molar-refractivity contribution in [2.75, 3.05) is 16.4 Å². The Morgan fingerprint density at radius 1 is 1.00 bits per heavy atom. The molecule has 0 spiro atoms. The van der Waals surface area contributed by atoms with Crippen molar-refractivity contribution < 1.29 is 14.7 Å². The smallest absolute Gasteiger partial charge is 0.337 e. The summed E-state index contributed by atoms with van der Waals surface area (Å²) in [4.78, 5) is 22.9. The third-order valence-electron chi connectivity index (χ3n) is 2.55. The van der Waals surface area contributed by atoms with Gasteiger partial charge in [0.2, 0.25) is 0 Å². The molecule has 0 fully saturated rings. The van der Waals surface area contributed by atoms with Crippen molar-refractivity contribution >= 4 is 29.1 Å². The third-order valence-corrected chi connectivity index (χ3v) is 2.55. The predicted octanol–water partition coefficient (Wildman–Crippen LogP) is 2.61. The Bertz CT molecular complexity index is 641. The van der Waals surface area contributed by atoms with E-state index in [0.29, 0.717) is 11.4 Å². The van der Waals surface area contributed by atoms with Gasteiger partial charge in [-0.25, -0.2) is 9.59 Å². The van der Waals surface area contributed by atoms with Crippen LogP contribution in [0.15, 0.2) is 48.5 Å². The van der Waals surface area contributed by atoms with Crippen LogP contribution in [0.2, 0.25) is 0 Å². The zero-order valence-corrected chi connectivity index (χ0v) is 10.5. The van der Waals surface area contributed by atoms with Crippen LogP contribution < -0.4 is 16.4 Å². The molecule has 102 valence electrons. The Hall–Kier alpha value is -3.02. The first kappa shape index (κ1) is 13.4. The van der Waals surface area contributed by atoms with Gasteiger partial charge in [0.15, 0.2) is 0 Å². The molecule has 0 aliphatic heterocycles. The number of nitrogen functional groups attached to an aromatic ring is 1. The van der Waals surface area contributed by atoms with Crippen LogP contribution in [0.1, 0.15) is 10.4 Å². The minimum absolute atomic E-state index is 0.0255. The van der Waals surface area contributed by atoms with Gasteiger partial charge in [0, 0.05) is 11.4 Å². The SMILES string of the molecule is Nc1ccc(C(=O)O)c(NC(=O)Nc2ccccc2)c1. The number of nitrogens with one attached hydrogen (secondary N) is 2. The molecule has 0 saturated heterocycles. The van der Waals surface area contributed by atoms with Crippen molar-refractivity contribution in [3.63, 3.8) is 0 Å². The maximum Gasteiger partial charge on any atom is 0.337 e. The van der Waals surface area contributed by atoms with Crippen LogP contribution in [0, 0.1) is 0 Å². The third kappa shape index (κ3) is 3.26. The molecule has 0 unspecified atom stereocenters. The molecule has 0 heterocycles. The highest BCUT2D eigenvalue weighted by molar-refractivity contribution is 6.05. The van der Waals surface area contributed by atoms with Gasteiger partial charge in [-0.1, -0.05) is 18.2 Å². The molecule has 0 aliphatic rings. The maximum atomic E-state index is 11.8. The molecule has 2 aromatic carbocycles. The van der Waals surface area contributed by atoms with Gasteiger partial charge in [0.05, 0.1) is 11.3 Å². The van der Waals surface area contributed by atoms with Gasteiger partial charge < -0.3 is 21.5 Å². The fourth-order valence-corrected chi connectivity index (χ4v) is 1.66. The number of benzene rings is 2. The quantitative estimate of drug-likeness (QED) is 0.644. The summed E-state index contributed by atoms with van der Waals surface area (Å²) in [6.45, 7) is 0. The lowest BCUT2D eigenvalue weighted by Crippen LogP contribution is -2.21. The van der Waals surface area contributed by atoms with E-state index in [1.54, 1.807) is 24.3 Å². The number of carbonyl (C=O) groups is 2. The van der Waals surface area contributed by atoms with Gasteiger partial charge in [-0.05, 0) is 30.3 Å². The molecule has 2 amide bonds. The van der Waals surface area contributed by atoms with Gasteiger partial charge in [-0.3, -0.25) is 0 Å². The first-order valence-electron chi connectivity index (χ1n) is 5.82. The highest BCUT2D eigenvalue weighted by Crippen LogP contribution is 2.19. The second kappa shape index (κ2) is 5.75. The van der Waals surface area contributed by atoms with E-state index >= 15 is 0 Å². The summed E-state index contributed by atoms with van der Waals surface area (Å²) in [7, 11) is 0. The average Bonchev–Trinajstić information content (AvgIpc) is 2.39. The highest BCUT2D eigenvalue weighted by Gasteiger charge is 2.12. The number of carboxylic acid groups (broad SMARTS) is 1. The Morgan fingerprint density at radius 3 is 2.35 bits per heavy atom. The van der Waals surface area contributed by atoms with Gasteiger partial charge in [-0.2, -0.15) is 0 Å². The number of aromatic carboxylic acids is 1. The summed E-state index contributed by atoms with van der Waals surface area (Å²) in [6.07, 6.45) is 0. The van der Waals surface area contributed by atoms with Crippen molar-refractivity contribution in [1.29, 1.82) is 0 Å². The van der Waals surface area contributed by atoms with E-state index < -0.39 is 12.0 Å². The molecular formula is C14H13N3O3. The predicted molar refractivity (Wildman–Crippen MR) is 76.9 cm³/mol. The fourth-order valence-electron chi connectivity index (χ4n) is 1.66. The molecule has 0 saturated carbocycles. The zero-order valence-electron chi connectivity index (χ0n) is 10.5. The summed E-state index contributed by atoms with van der Waals surface area (Å²) in [5.74, 6) is -1.14. The topological polar surface area (TPSA) is 104 Å². The van der Waals surface area contributed by atoms with Crippen molar-refractivity contribution in [2.45, 2.75) is 0 Å². The van der Waals surface area contributed by atoms with E-state index in [1.807, 2.05) is 6.07 Å².